The second kappa shape index (κ2) is 5.33. The molecule has 0 bridgehead atoms. The van der Waals surface area contributed by atoms with E-state index in [0.29, 0.717) is 12.0 Å². The van der Waals surface area contributed by atoms with Crippen LogP contribution in [0.15, 0.2) is 30.3 Å². The minimum Gasteiger partial charge on any atom is -0.453 e. The molecule has 0 spiro atoms. The Morgan fingerprint density at radius 3 is 2.68 bits per heavy atom. The van der Waals surface area contributed by atoms with Gasteiger partial charge in [0.1, 0.15) is 13.4 Å². The average molecular weight is 264 g/mol. The topological polar surface area (TPSA) is 35.5 Å². The first-order valence-corrected chi connectivity index (χ1v) is 6.56. The van der Waals surface area contributed by atoms with Crippen LogP contribution in [0.1, 0.15) is 30.6 Å². The molecule has 1 aliphatic heterocycles. The van der Waals surface area contributed by atoms with Gasteiger partial charge >= 0.3 is 5.97 Å². The number of hydrogen-bond acceptors (Lipinski definition) is 3. The van der Waals surface area contributed by atoms with Gasteiger partial charge in [-0.1, -0.05) is 25.1 Å². The molecule has 0 saturated carbocycles. The van der Waals surface area contributed by atoms with Crippen molar-refractivity contribution in [2.24, 2.45) is 0 Å². The Balaban J connectivity index is 2.15. The highest BCUT2D eigenvalue weighted by atomic mass is 19.1. The summed E-state index contributed by atoms with van der Waals surface area (Å²) in [6.45, 7) is 3.68. The van der Waals surface area contributed by atoms with Crippen molar-refractivity contribution in [3.05, 3.63) is 35.9 Å². The van der Waals surface area contributed by atoms with Crippen molar-refractivity contribution in [3.63, 3.8) is 0 Å². The van der Waals surface area contributed by atoms with E-state index in [1.807, 2.05) is 13.0 Å². The van der Waals surface area contributed by atoms with Gasteiger partial charge in [-0.2, -0.15) is 0 Å². The SMILES string of the molecule is B[C@@H]1O[C@@](C)(CC)C(OC(=O)c2ccccc2)[C@H]1F. The molecule has 0 aromatic heterocycles. The minimum atomic E-state index is -1.29. The van der Waals surface area contributed by atoms with E-state index in [1.165, 1.54) is 0 Å². The summed E-state index contributed by atoms with van der Waals surface area (Å²) >= 11 is 0. The maximum absolute atomic E-state index is 14.1. The molecule has 1 saturated heterocycles. The Hall–Kier alpha value is -1.36. The number of carbonyl (C=O) groups is 1. The predicted octanol–water partition coefficient (Wildman–Crippen LogP) is 1.71. The standard InChI is InChI=1S/C14H18BFO3/c1-3-14(2)11(10(16)12(15)19-14)18-13(17)9-7-5-4-6-8-9/h4-8,10-12H,3,15H2,1-2H3/t10-,11?,12-,14+/m1/s1. The van der Waals surface area contributed by atoms with Crippen molar-refractivity contribution in [3.8, 4) is 0 Å². The Labute approximate surface area is 113 Å². The van der Waals surface area contributed by atoms with Gasteiger partial charge in [0, 0.05) is 0 Å². The van der Waals surface area contributed by atoms with Crippen molar-refractivity contribution in [2.45, 2.75) is 44.1 Å². The number of hydrogen-bond donors (Lipinski definition) is 0. The number of alkyl halides is 1. The number of ether oxygens (including phenoxy) is 2. The lowest BCUT2D eigenvalue weighted by atomic mass is 9.89. The lowest BCUT2D eigenvalue weighted by Gasteiger charge is -2.29. The second-order valence-corrected chi connectivity index (χ2v) is 5.13. The van der Waals surface area contributed by atoms with E-state index in [1.54, 1.807) is 39.0 Å². The fraction of sp³-hybridized carbons (Fsp3) is 0.500. The summed E-state index contributed by atoms with van der Waals surface area (Å²) < 4.78 is 25.1. The van der Waals surface area contributed by atoms with Crippen molar-refractivity contribution in [1.82, 2.24) is 0 Å². The first kappa shape index (κ1) is 14.1. The van der Waals surface area contributed by atoms with Crippen LogP contribution in [0.3, 0.4) is 0 Å². The molecule has 1 fully saturated rings. The second-order valence-electron chi connectivity index (χ2n) is 5.13. The van der Waals surface area contributed by atoms with Crippen LogP contribution in [0.4, 0.5) is 4.39 Å². The minimum absolute atomic E-state index is 0.424. The van der Waals surface area contributed by atoms with Gasteiger partial charge in [0.15, 0.2) is 12.3 Å². The zero-order valence-corrected chi connectivity index (χ0v) is 11.4. The third-order valence-electron chi connectivity index (χ3n) is 3.74. The predicted molar refractivity (Wildman–Crippen MR) is 72.7 cm³/mol. The lowest BCUT2D eigenvalue weighted by molar-refractivity contribution is -0.0671. The first-order valence-electron chi connectivity index (χ1n) is 6.56. The van der Waals surface area contributed by atoms with Gasteiger partial charge in [-0.3, -0.25) is 0 Å². The summed E-state index contributed by atoms with van der Waals surface area (Å²) in [6, 6.07) is 8.05. The Morgan fingerprint density at radius 1 is 1.47 bits per heavy atom. The number of carbonyl (C=O) groups excluding carboxylic acids is 1. The van der Waals surface area contributed by atoms with Crippen LogP contribution in [-0.2, 0) is 9.47 Å². The summed E-state index contributed by atoms with van der Waals surface area (Å²) in [5, 5.41) is 0. The molecule has 102 valence electrons. The number of rotatable bonds is 3. The molecule has 4 atom stereocenters. The smallest absolute Gasteiger partial charge is 0.338 e. The molecular formula is C14H18BFO3. The van der Waals surface area contributed by atoms with E-state index in [-0.39, 0.29) is 0 Å². The largest absolute Gasteiger partial charge is 0.453 e. The van der Waals surface area contributed by atoms with E-state index in [4.69, 9.17) is 9.47 Å². The average Bonchev–Trinajstić information content (AvgIpc) is 2.64. The quantitative estimate of drug-likeness (QED) is 0.615. The zero-order valence-electron chi connectivity index (χ0n) is 11.4. The summed E-state index contributed by atoms with van der Waals surface area (Å²) in [7, 11) is 1.66. The van der Waals surface area contributed by atoms with Crippen LogP contribution in [0, 0.1) is 0 Å². The number of esters is 1. The van der Waals surface area contributed by atoms with E-state index >= 15 is 0 Å². The van der Waals surface area contributed by atoms with Gasteiger partial charge in [0.25, 0.3) is 0 Å². The van der Waals surface area contributed by atoms with Gasteiger partial charge in [-0.05, 0) is 25.5 Å². The molecule has 0 amide bonds. The molecule has 5 heteroatoms. The molecule has 3 nitrogen and oxygen atoms in total. The van der Waals surface area contributed by atoms with Crippen LogP contribution in [-0.4, -0.2) is 37.7 Å². The van der Waals surface area contributed by atoms with Gasteiger partial charge in [-0.25, -0.2) is 9.18 Å². The van der Waals surface area contributed by atoms with E-state index in [2.05, 4.69) is 0 Å². The molecule has 19 heavy (non-hydrogen) atoms. The third-order valence-corrected chi connectivity index (χ3v) is 3.74. The molecule has 1 aromatic carbocycles. The first-order chi connectivity index (χ1) is 8.98. The van der Waals surface area contributed by atoms with Crippen LogP contribution >= 0.6 is 0 Å². The maximum atomic E-state index is 14.1. The van der Waals surface area contributed by atoms with Crippen LogP contribution in [0.5, 0.6) is 0 Å². The summed E-state index contributed by atoms with van der Waals surface area (Å²) in [4.78, 5) is 12.0. The summed E-state index contributed by atoms with van der Waals surface area (Å²) in [5.41, 5.74) is -0.337. The molecule has 0 N–H and O–H groups in total. The molecule has 0 radical (unpaired) electrons. The highest BCUT2D eigenvalue weighted by molar-refractivity contribution is 6.11. The normalized spacial score (nSPS) is 34.2. The van der Waals surface area contributed by atoms with Gasteiger partial charge in [-0.15, -0.1) is 0 Å². The van der Waals surface area contributed by atoms with Crippen molar-refractivity contribution >= 4 is 13.8 Å². The molecular weight excluding hydrogens is 246 g/mol. The molecule has 1 aliphatic rings. The molecule has 1 heterocycles. The van der Waals surface area contributed by atoms with E-state index in [9.17, 15) is 9.18 Å². The number of halogens is 1. The maximum Gasteiger partial charge on any atom is 0.338 e. The summed E-state index contributed by atoms with van der Waals surface area (Å²) in [5.74, 6) is -0.509. The van der Waals surface area contributed by atoms with E-state index in [0.717, 1.165) is 0 Å². The molecule has 0 aliphatic carbocycles. The van der Waals surface area contributed by atoms with Crippen molar-refractivity contribution in [1.29, 1.82) is 0 Å². The molecule has 1 aromatic rings. The Bertz CT molecular complexity index is 453. The third kappa shape index (κ3) is 2.66. The zero-order chi connectivity index (χ0) is 14.0. The molecule has 1 unspecified atom stereocenters. The van der Waals surface area contributed by atoms with Crippen LogP contribution in [0.2, 0.25) is 0 Å². The van der Waals surface area contributed by atoms with E-state index < -0.39 is 29.8 Å². The van der Waals surface area contributed by atoms with Gasteiger partial charge < -0.3 is 9.47 Å². The Kier molecular flexibility index (Phi) is 3.95. The Morgan fingerprint density at radius 2 is 2.11 bits per heavy atom. The number of benzene rings is 1. The highest BCUT2D eigenvalue weighted by Crippen LogP contribution is 2.36. The van der Waals surface area contributed by atoms with Crippen molar-refractivity contribution < 1.29 is 18.7 Å². The fourth-order valence-electron chi connectivity index (χ4n) is 2.37. The van der Waals surface area contributed by atoms with Crippen LogP contribution < -0.4 is 0 Å². The molecule has 2 rings (SSSR count). The monoisotopic (exact) mass is 264 g/mol. The van der Waals surface area contributed by atoms with Gasteiger partial charge in [0.05, 0.1) is 11.6 Å². The lowest BCUT2D eigenvalue weighted by Crippen LogP contribution is -2.42. The fourth-order valence-corrected chi connectivity index (χ4v) is 2.37. The highest BCUT2D eigenvalue weighted by Gasteiger charge is 2.52. The van der Waals surface area contributed by atoms with Crippen molar-refractivity contribution in [2.75, 3.05) is 0 Å². The van der Waals surface area contributed by atoms with Crippen LogP contribution in [0.25, 0.3) is 0 Å². The van der Waals surface area contributed by atoms with Gasteiger partial charge in [0.2, 0.25) is 0 Å². The summed E-state index contributed by atoms with van der Waals surface area (Å²) in [6.07, 6.45) is -1.57.